The maximum absolute atomic E-state index is 13.7. The minimum absolute atomic E-state index is 0.0502. The number of amides is 2. The summed E-state index contributed by atoms with van der Waals surface area (Å²) in [5.41, 5.74) is 0.943. The summed E-state index contributed by atoms with van der Waals surface area (Å²) in [6.07, 6.45) is -3.43. The normalized spacial score (nSPS) is 16.3. The number of hydrogen-bond donors (Lipinski definition) is 1. The molecule has 35 heavy (non-hydrogen) atoms. The molecular formula is C23H25ClF4N4O3. The summed E-state index contributed by atoms with van der Waals surface area (Å²) >= 11 is 4.64. The zero-order chi connectivity index (χ0) is 25.9. The number of nitrogens with one attached hydrogen (secondary N) is 1. The Morgan fingerprint density at radius 1 is 1.09 bits per heavy atom. The Morgan fingerprint density at radius 3 is 2.29 bits per heavy atom. The number of hydrogen-bond acceptors (Lipinski definition) is 4. The van der Waals surface area contributed by atoms with Crippen molar-refractivity contribution in [2.75, 3.05) is 19.6 Å². The van der Waals surface area contributed by atoms with Gasteiger partial charge >= 0.3 is 6.18 Å². The van der Waals surface area contributed by atoms with E-state index in [4.69, 9.17) is 0 Å². The zero-order valence-corrected chi connectivity index (χ0v) is 20.0. The van der Waals surface area contributed by atoms with Gasteiger partial charge in [-0.25, -0.2) is 4.39 Å². The quantitative estimate of drug-likeness (QED) is 0.477. The number of nitrogens with zero attached hydrogens (tertiary/aromatic N) is 3. The molecule has 1 aromatic heterocycles. The van der Waals surface area contributed by atoms with Crippen LogP contribution in [-0.2, 0) is 28.7 Å². The summed E-state index contributed by atoms with van der Waals surface area (Å²) in [6.45, 7) is 4.18. The van der Waals surface area contributed by atoms with Crippen LogP contribution in [0.1, 0.15) is 65.5 Å². The Bertz CT molecular complexity index is 1110. The molecule has 0 unspecified atom stereocenters. The van der Waals surface area contributed by atoms with Crippen molar-refractivity contribution in [1.82, 2.24) is 20.0 Å². The lowest BCUT2D eigenvalue weighted by molar-refractivity contribution is -0.138. The number of aromatic nitrogens is 2. The molecule has 0 aliphatic carbocycles. The average Bonchev–Trinajstić information content (AvgIpc) is 3.20. The van der Waals surface area contributed by atoms with Crippen LogP contribution in [-0.4, -0.2) is 56.7 Å². The van der Waals surface area contributed by atoms with Crippen LogP contribution in [0.4, 0.5) is 17.6 Å². The van der Waals surface area contributed by atoms with Crippen molar-refractivity contribution < 1.29 is 31.9 Å². The average molecular weight is 517 g/mol. The van der Waals surface area contributed by atoms with Crippen LogP contribution in [0.25, 0.3) is 0 Å². The van der Waals surface area contributed by atoms with Gasteiger partial charge in [-0.3, -0.25) is 19.5 Å². The maximum Gasteiger partial charge on any atom is 0.416 e. The molecule has 190 valence electrons. The molecule has 1 N–H and O–H groups in total. The first-order valence-electron chi connectivity index (χ1n) is 11.0. The predicted octanol–water partition coefficient (Wildman–Crippen LogP) is 4.26. The number of rotatable bonds is 2. The molecule has 2 aliphatic heterocycles. The zero-order valence-electron chi connectivity index (χ0n) is 19.2. The van der Waals surface area contributed by atoms with Gasteiger partial charge in [0.25, 0.3) is 5.91 Å². The van der Waals surface area contributed by atoms with Gasteiger partial charge in [0, 0.05) is 39.0 Å². The number of aromatic amines is 1. The SMILES string of the molecule is CC(=O)Cl.CC(=O)N1CCc2c(C(=O)N3CCC(c4cc(F)ccc4C(F)(F)F)CC3)n[nH]c2C1. The van der Waals surface area contributed by atoms with Crippen LogP contribution in [0.3, 0.4) is 0 Å². The summed E-state index contributed by atoms with van der Waals surface area (Å²) in [5, 5.41) is 6.63. The van der Waals surface area contributed by atoms with E-state index >= 15 is 0 Å². The van der Waals surface area contributed by atoms with E-state index < -0.39 is 23.5 Å². The number of piperidine rings is 1. The van der Waals surface area contributed by atoms with E-state index in [1.807, 2.05) is 0 Å². The molecular weight excluding hydrogens is 492 g/mol. The summed E-state index contributed by atoms with van der Waals surface area (Å²) < 4.78 is 53.7. The Kier molecular flexibility index (Phi) is 8.19. The van der Waals surface area contributed by atoms with Crippen molar-refractivity contribution in [3.63, 3.8) is 0 Å². The Morgan fingerprint density at radius 2 is 1.71 bits per heavy atom. The molecule has 0 spiro atoms. The third kappa shape index (κ3) is 6.39. The molecule has 12 heteroatoms. The van der Waals surface area contributed by atoms with Crippen LogP contribution in [0.5, 0.6) is 0 Å². The fourth-order valence-corrected chi connectivity index (χ4v) is 4.44. The molecule has 1 aromatic carbocycles. The summed E-state index contributed by atoms with van der Waals surface area (Å²) in [4.78, 5) is 37.0. The van der Waals surface area contributed by atoms with Gasteiger partial charge in [-0.15, -0.1) is 0 Å². The highest BCUT2D eigenvalue weighted by molar-refractivity contribution is 6.62. The van der Waals surface area contributed by atoms with Crippen molar-refractivity contribution in [3.05, 3.63) is 52.1 Å². The van der Waals surface area contributed by atoms with E-state index in [0.717, 1.165) is 29.5 Å². The van der Waals surface area contributed by atoms with Gasteiger partial charge < -0.3 is 9.80 Å². The molecule has 1 saturated heterocycles. The molecule has 0 radical (unpaired) electrons. The summed E-state index contributed by atoms with van der Waals surface area (Å²) in [7, 11) is 0. The van der Waals surface area contributed by atoms with Gasteiger partial charge in [0.2, 0.25) is 11.1 Å². The Hall–Kier alpha value is -2.95. The number of halogens is 5. The lowest BCUT2D eigenvalue weighted by Gasteiger charge is -2.33. The van der Waals surface area contributed by atoms with Crippen LogP contribution < -0.4 is 0 Å². The van der Waals surface area contributed by atoms with E-state index in [2.05, 4.69) is 21.8 Å². The lowest BCUT2D eigenvalue weighted by Crippen LogP contribution is -2.39. The van der Waals surface area contributed by atoms with Gasteiger partial charge in [0.15, 0.2) is 5.69 Å². The smallest absolute Gasteiger partial charge is 0.337 e. The fourth-order valence-electron chi connectivity index (χ4n) is 4.44. The highest BCUT2D eigenvalue weighted by Crippen LogP contribution is 2.39. The molecule has 3 heterocycles. The van der Waals surface area contributed by atoms with Crippen LogP contribution in [0, 0.1) is 5.82 Å². The Balaban J connectivity index is 0.000000795. The first-order valence-corrected chi connectivity index (χ1v) is 11.4. The van der Waals surface area contributed by atoms with Crippen LogP contribution >= 0.6 is 11.6 Å². The van der Waals surface area contributed by atoms with Gasteiger partial charge in [-0.05, 0) is 60.5 Å². The highest BCUT2D eigenvalue weighted by Gasteiger charge is 2.37. The first-order chi connectivity index (χ1) is 16.4. The number of benzene rings is 1. The molecule has 2 aromatic rings. The topological polar surface area (TPSA) is 86.4 Å². The molecule has 4 rings (SSSR count). The van der Waals surface area contributed by atoms with Gasteiger partial charge in [0.05, 0.1) is 17.8 Å². The fraction of sp³-hybridized carbons (Fsp3) is 0.478. The van der Waals surface area contributed by atoms with E-state index in [9.17, 15) is 31.9 Å². The predicted molar refractivity (Wildman–Crippen MR) is 119 cm³/mol. The third-order valence-corrected chi connectivity index (χ3v) is 6.12. The third-order valence-electron chi connectivity index (χ3n) is 6.12. The standard InChI is InChI=1S/C21H22F4N4O2.C2H3ClO/c1-12(30)29-9-6-15-18(11-29)26-27-19(15)20(31)28-7-4-13(5-8-28)16-10-14(22)2-3-17(16)21(23,24)25;1-2(3)4/h2-3,10,13H,4-9,11H2,1H3,(H,26,27);1H3. The number of carbonyl (C=O) groups is 3. The molecule has 1 fully saturated rings. The number of H-pyrrole nitrogens is 1. The molecule has 0 saturated carbocycles. The van der Waals surface area contributed by atoms with Crippen molar-refractivity contribution in [2.45, 2.75) is 51.7 Å². The summed E-state index contributed by atoms with van der Waals surface area (Å²) in [6, 6.07) is 2.55. The molecule has 0 bridgehead atoms. The van der Waals surface area contributed by atoms with Crippen LogP contribution in [0.15, 0.2) is 18.2 Å². The Labute approximate surface area is 204 Å². The van der Waals surface area contributed by atoms with Crippen molar-refractivity contribution in [3.8, 4) is 0 Å². The lowest BCUT2D eigenvalue weighted by atomic mass is 9.86. The van der Waals surface area contributed by atoms with Crippen molar-refractivity contribution >= 4 is 28.7 Å². The molecule has 7 nitrogen and oxygen atoms in total. The monoisotopic (exact) mass is 516 g/mol. The largest absolute Gasteiger partial charge is 0.416 e. The van der Waals surface area contributed by atoms with E-state index in [0.29, 0.717) is 38.0 Å². The van der Waals surface area contributed by atoms with E-state index in [1.54, 1.807) is 9.80 Å². The number of carbonyl (C=O) groups excluding carboxylic acids is 3. The minimum Gasteiger partial charge on any atom is -0.337 e. The van der Waals surface area contributed by atoms with Crippen molar-refractivity contribution in [1.29, 1.82) is 0 Å². The van der Waals surface area contributed by atoms with Gasteiger partial charge in [-0.1, -0.05) is 0 Å². The van der Waals surface area contributed by atoms with Crippen LogP contribution in [0.2, 0.25) is 0 Å². The second-order valence-corrected chi connectivity index (χ2v) is 9.02. The van der Waals surface area contributed by atoms with Gasteiger partial charge in [0.1, 0.15) is 5.82 Å². The number of alkyl halides is 3. The number of likely N-dealkylation sites (tertiary alicyclic amines) is 1. The highest BCUT2D eigenvalue weighted by atomic mass is 35.5. The minimum atomic E-state index is -4.56. The van der Waals surface area contributed by atoms with Crippen molar-refractivity contribution in [2.24, 2.45) is 0 Å². The molecule has 0 atom stereocenters. The number of fused-ring (bicyclic) bond motifs is 1. The maximum atomic E-state index is 13.7. The molecule has 2 aliphatic rings. The first kappa shape index (κ1) is 26.7. The van der Waals surface area contributed by atoms with E-state index in [1.165, 1.54) is 13.8 Å². The van der Waals surface area contributed by atoms with E-state index in [-0.39, 0.29) is 35.7 Å². The second-order valence-electron chi connectivity index (χ2n) is 8.49. The summed E-state index contributed by atoms with van der Waals surface area (Å²) in [5.74, 6) is -1.51. The molecule has 2 amide bonds. The second kappa shape index (κ2) is 10.8. The van der Waals surface area contributed by atoms with Gasteiger partial charge in [-0.2, -0.15) is 18.3 Å².